The maximum atomic E-state index is 11.7. The van der Waals surface area contributed by atoms with Crippen LogP contribution < -0.4 is 10.2 Å². The van der Waals surface area contributed by atoms with Gasteiger partial charge in [0.1, 0.15) is 0 Å². The highest BCUT2D eigenvalue weighted by Gasteiger charge is 2.14. The van der Waals surface area contributed by atoms with Gasteiger partial charge in [0.05, 0.1) is 0 Å². The highest BCUT2D eigenvalue weighted by atomic mass is 35.5. The number of nitrogens with zero attached hydrogens (tertiary/aromatic N) is 1. The number of benzene rings is 1. The Bertz CT molecular complexity index is 472. The molecule has 0 radical (unpaired) electrons. The second kappa shape index (κ2) is 8.12. The van der Waals surface area contributed by atoms with Gasteiger partial charge in [-0.3, -0.25) is 9.59 Å². The Labute approximate surface area is 129 Å². The van der Waals surface area contributed by atoms with Gasteiger partial charge in [-0.25, -0.2) is 0 Å². The number of nitrogens with one attached hydrogen (secondary N) is 1. The van der Waals surface area contributed by atoms with Gasteiger partial charge in [-0.2, -0.15) is 0 Å². The fourth-order valence-electron chi connectivity index (χ4n) is 1.73. The Hall–Kier alpha value is -1.26. The van der Waals surface area contributed by atoms with Gasteiger partial charge in [-0.15, -0.1) is 0 Å². The summed E-state index contributed by atoms with van der Waals surface area (Å²) in [7, 11) is 0. The number of halogens is 2. The number of anilines is 1. The van der Waals surface area contributed by atoms with Crippen LogP contribution in [-0.4, -0.2) is 24.9 Å². The van der Waals surface area contributed by atoms with Gasteiger partial charge >= 0.3 is 0 Å². The third-order valence-electron chi connectivity index (χ3n) is 2.67. The lowest BCUT2D eigenvalue weighted by molar-refractivity contribution is -0.121. The second-order valence-electron chi connectivity index (χ2n) is 4.40. The van der Waals surface area contributed by atoms with E-state index in [2.05, 4.69) is 5.32 Å². The molecule has 2 amide bonds. The Morgan fingerprint density at radius 3 is 2.30 bits per heavy atom. The summed E-state index contributed by atoms with van der Waals surface area (Å²) >= 11 is 11.9. The summed E-state index contributed by atoms with van der Waals surface area (Å²) < 4.78 is 0. The average Bonchev–Trinajstić information content (AvgIpc) is 2.35. The van der Waals surface area contributed by atoms with E-state index in [-0.39, 0.29) is 18.2 Å². The number of hydrogen-bond acceptors (Lipinski definition) is 2. The smallest absolute Gasteiger partial charge is 0.223 e. The molecule has 0 heterocycles. The molecule has 6 heteroatoms. The maximum Gasteiger partial charge on any atom is 0.223 e. The molecule has 0 saturated heterocycles. The van der Waals surface area contributed by atoms with Crippen LogP contribution in [0.1, 0.15) is 26.7 Å². The highest BCUT2D eigenvalue weighted by Crippen LogP contribution is 2.25. The van der Waals surface area contributed by atoms with Crippen molar-refractivity contribution in [3.05, 3.63) is 28.2 Å². The monoisotopic (exact) mass is 316 g/mol. The predicted octanol–water partition coefficient (Wildman–Crippen LogP) is 3.26. The van der Waals surface area contributed by atoms with Gasteiger partial charge in [0.15, 0.2) is 0 Å². The fourth-order valence-corrected chi connectivity index (χ4v) is 2.24. The minimum absolute atomic E-state index is 0.0776. The standard InChI is InChI=1S/C14H18Cl2N2O2/c1-3-5-17-14(20)4-6-18(10(2)19)13-8-11(15)7-12(16)9-13/h7-9H,3-6H2,1-2H3,(H,17,20). The molecule has 0 bridgehead atoms. The number of carbonyl (C=O) groups is 2. The lowest BCUT2D eigenvalue weighted by Gasteiger charge is -2.21. The zero-order chi connectivity index (χ0) is 15.1. The maximum absolute atomic E-state index is 11.7. The minimum Gasteiger partial charge on any atom is -0.356 e. The van der Waals surface area contributed by atoms with E-state index >= 15 is 0 Å². The molecular weight excluding hydrogens is 299 g/mol. The summed E-state index contributed by atoms with van der Waals surface area (Å²) in [6.45, 7) is 4.36. The molecule has 4 nitrogen and oxygen atoms in total. The molecule has 0 fully saturated rings. The third-order valence-corrected chi connectivity index (χ3v) is 3.11. The molecule has 0 unspecified atom stereocenters. The molecule has 1 rings (SSSR count). The molecule has 0 saturated carbocycles. The summed E-state index contributed by atoms with van der Waals surface area (Å²) in [5, 5.41) is 3.68. The van der Waals surface area contributed by atoms with E-state index in [1.165, 1.54) is 11.8 Å². The highest BCUT2D eigenvalue weighted by molar-refractivity contribution is 6.35. The quantitative estimate of drug-likeness (QED) is 0.875. The second-order valence-corrected chi connectivity index (χ2v) is 5.27. The topological polar surface area (TPSA) is 49.4 Å². The first-order chi connectivity index (χ1) is 9.43. The first kappa shape index (κ1) is 16.8. The molecule has 0 aliphatic heterocycles. The van der Waals surface area contributed by atoms with Gasteiger partial charge < -0.3 is 10.2 Å². The molecule has 110 valence electrons. The van der Waals surface area contributed by atoms with Gasteiger partial charge in [-0.1, -0.05) is 30.1 Å². The number of carbonyl (C=O) groups excluding carboxylic acids is 2. The van der Waals surface area contributed by atoms with E-state index < -0.39 is 0 Å². The molecule has 0 aromatic heterocycles. The van der Waals surface area contributed by atoms with Gasteiger partial charge in [0, 0.05) is 42.2 Å². The lowest BCUT2D eigenvalue weighted by Crippen LogP contribution is -2.34. The Morgan fingerprint density at radius 1 is 1.20 bits per heavy atom. The van der Waals surface area contributed by atoms with Gasteiger partial charge in [-0.05, 0) is 24.6 Å². The van der Waals surface area contributed by atoms with Crippen LogP contribution in [0.3, 0.4) is 0 Å². The van der Waals surface area contributed by atoms with Gasteiger partial charge in [0.2, 0.25) is 11.8 Å². The van der Waals surface area contributed by atoms with Crippen LogP contribution in [0.2, 0.25) is 10.0 Å². The Morgan fingerprint density at radius 2 is 1.80 bits per heavy atom. The van der Waals surface area contributed by atoms with Crippen molar-refractivity contribution in [2.75, 3.05) is 18.0 Å². The lowest BCUT2D eigenvalue weighted by atomic mass is 10.2. The van der Waals surface area contributed by atoms with Crippen molar-refractivity contribution in [2.45, 2.75) is 26.7 Å². The van der Waals surface area contributed by atoms with Crippen molar-refractivity contribution in [3.63, 3.8) is 0 Å². The van der Waals surface area contributed by atoms with E-state index in [1.54, 1.807) is 18.2 Å². The molecule has 0 spiro atoms. The van der Waals surface area contributed by atoms with Crippen LogP contribution in [0.15, 0.2) is 18.2 Å². The number of amides is 2. The van der Waals surface area contributed by atoms with Crippen LogP contribution in [-0.2, 0) is 9.59 Å². The van der Waals surface area contributed by atoms with E-state index in [9.17, 15) is 9.59 Å². The Kier molecular flexibility index (Phi) is 6.82. The summed E-state index contributed by atoms with van der Waals surface area (Å²) in [5.41, 5.74) is 0.596. The third kappa shape index (κ3) is 5.39. The van der Waals surface area contributed by atoms with Gasteiger partial charge in [0.25, 0.3) is 0 Å². The van der Waals surface area contributed by atoms with Crippen LogP contribution in [0.4, 0.5) is 5.69 Å². The SMILES string of the molecule is CCCNC(=O)CCN(C(C)=O)c1cc(Cl)cc(Cl)c1. The summed E-state index contributed by atoms with van der Waals surface area (Å²) in [6, 6.07) is 4.90. The first-order valence-corrected chi connectivity index (χ1v) is 7.20. The van der Waals surface area contributed by atoms with Crippen molar-refractivity contribution in [1.82, 2.24) is 5.32 Å². The van der Waals surface area contributed by atoms with E-state index in [0.717, 1.165) is 6.42 Å². The summed E-state index contributed by atoms with van der Waals surface area (Å²) in [4.78, 5) is 24.8. The van der Waals surface area contributed by atoms with Crippen molar-refractivity contribution in [2.24, 2.45) is 0 Å². The zero-order valence-electron chi connectivity index (χ0n) is 11.6. The van der Waals surface area contributed by atoms with Crippen LogP contribution in [0.25, 0.3) is 0 Å². The largest absolute Gasteiger partial charge is 0.356 e. The van der Waals surface area contributed by atoms with Crippen molar-refractivity contribution >= 4 is 40.7 Å². The number of rotatable bonds is 6. The molecule has 1 aromatic rings. The van der Waals surface area contributed by atoms with E-state index in [4.69, 9.17) is 23.2 Å². The van der Waals surface area contributed by atoms with Crippen LogP contribution in [0, 0.1) is 0 Å². The van der Waals surface area contributed by atoms with Crippen LogP contribution in [0.5, 0.6) is 0 Å². The molecule has 0 aliphatic rings. The van der Waals surface area contributed by atoms with Crippen molar-refractivity contribution in [1.29, 1.82) is 0 Å². The van der Waals surface area contributed by atoms with E-state index in [0.29, 0.717) is 28.8 Å². The van der Waals surface area contributed by atoms with Crippen molar-refractivity contribution in [3.8, 4) is 0 Å². The summed E-state index contributed by atoms with van der Waals surface area (Å²) in [5.74, 6) is -0.238. The van der Waals surface area contributed by atoms with E-state index in [1.807, 2.05) is 6.92 Å². The first-order valence-electron chi connectivity index (χ1n) is 6.45. The number of hydrogen-bond donors (Lipinski definition) is 1. The average molecular weight is 317 g/mol. The summed E-state index contributed by atoms with van der Waals surface area (Å²) in [6.07, 6.45) is 1.12. The normalized spacial score (nSPS) is 10.2. The predicted molar refractivity (Wildman–Crippen MR) is 82.4 cm³/mol. The Balaban J connectivity index is 2.74. The van der Waals surface area contributed by atoms with Crippen LogP contribution >= 0.6 is 23.2 Å². The molecule has 0 atom stereocenters. The molecule has 1 N–H and O–H groups in total. The molecule has 0 aliphatic carbocycles. The van der Waals surface area contributed by atoms with Crippen molar-refractivity contribution < 1.29 is 9.59 Å². The molecular formula is C14H18Cl2N2O2. The fraction of sp³-hybridized carbons (Fsp3) is 0.429. The zero-order valence-corrected chi connectivity index (χ0v) is 13.1. The molecule has 1 aromatic carbocycles. The molecule has 20 heavy (non-hydrogen) atoms. The minimum atomic E-state index is -0.161.